The van der Waals surface area contributed by atoms with Gasteiger partial charge in [0.05, 0.1) is 11.4 Å². The second-order valence-electron chi connectivity index (χ2n) is 5.11. The van der Waals surface area contributed by atoms with E-state index in [4.69, 9.17) is 0 Å². The fraction of sp³-hybridized carbons (Fsp3) is 0.118. The Hall–Kier alpha value is -2.67. The van der Waals surface area contributed by atoms with E-state index in [2.05, 4.69) is 15.5 Å². The molecule has 0 fully saturated rings. The number of hydrogen-bond acceptors (Lipinski definition) is 4. The summed E-state index contributed by atoms with van der Waals surface area (Å²) in [5.74, 6) is -0.346. The summed E-state index contributed by atoms with van der Waals surface area (Å²) in [4.78, 5) is 12.0. The zero-order valence-electron chi connectivity index (χ0n) is 12.9. The van der Waals surface area contributed by atoms with E-state index >= 15 is 0 Å². The van der Waals surface area contributed by atoms with Crippen molar-refractivity contribution in [2.75, 3.05) is 11.1 Å². The molecule has 0 unspecified atom stereocenters. The average molecular weight is 342 g/mol. The molecule has 7 heteroatoms. The Labute approximate surface area is 142 Å². The lowest BCUT2D eigenvalue weighted by atomic mass is 10.2. The number of amides is 1. The van der Waals surface area contributed by atoms with Crippen LogP contribution in [0.15, 0.2) is 60.0 Å². The van der Waals surface area contributed by atoms with Crippen molar-refractivity contribution in [3.63, 3.8) is 0 Å². The maximum absolute atomic E-state index is 12.9. The molecule has 3 rings (SSSR count). The predicted octanol–water partition coefficient (Wildman–Crippen LogP) is 3.45. The first-order valence-electron chi connectivity index (χ1n) is 7.28. The van der Waals surface area contributed by atoms with Gasteiger partial charge in [0.15, 0.2) is 5.16 Å². The third-order valence-corrected chi connectivity index (χ3v) is 4.29. The van der Waals surface area contributed by atoms with Crippen molar-refractivity contribution in [2.45, 2.75) is 12.1 Å². The molecule has 0 spiro atoms. The molecule has 0 atom stereocenters. The Bertz CT molecular complexity index is 848. The van der Waals surface area contributed by atoms with E-state index in [1.165, 1.54) is 36.0 Å². The minimum atomic E-state index is -0.339. The topological polar surface area (TPSA) is 59.8 Å². The number of carbonyl (C=O) groups is 1. The average Bonchev–Trinajstić information content (AvgIpc) is 3.04. The van der Waals surface area contributed by atoms with Crippen molar-refractivity contribution in [1.82, 2.24) is 14.8 Å². The maximum Gasteiger partial charge on any atom is 0.234 e. The van der Waals surface area contributed by atoms with Gasteiger partial charge in [-0.3, -0.25) is 9.36 Å². The number of hydrogen-bond donors (Lipinski definition) is 1. The van der Waals surface area contributed by atoms with Gasteiger partial charge in [-0.25, -0.2) is 4.39 Å². The Morgan fingerprint density at radius 2 is 1.96 bits per heavy atom. The van der Waals surface area contributed by atoms with Gasteiger partial charge in [0.2, 0.25) is 5.91 Å². The van der Waals surface area contributed by atoms with Crippen LogP contribution in [-0.4, -0.2) is 26.4 Å². The van der Waals surface area contributed by atoms with Gasteiger partial charge in [-0.2, -0.15) is 0 Å². The Kier molecular flexibility index (Phi) is 4.90. The molecule has 0 saturated heterocycles. The van der Waals surface area contributed by atoms with E-state index in [1.54, 1.807) is 6.33 Å². The smallest absolute Gasteiger partial charge is 0.234 e. The van der Waals surface area contributed by atoms with Gasteiger partial charge in [0, 0.05) is 5.69 Å². The predicted molar refractivity (Wildman–Crippen MR) is 91.8 cm³/mol. The molecule has 1 aromatic heterocycles. The van der Waals surface area contributed by atoms with E-state index in [-0.39, 0.29) is 17.5 Å². The molecule has 0 saturated carbocycles. The molecular weight excluding hydrogens is 327 g/mol. The molecule has 0 radical (unpaired) electrons. The van der Waals surface area contributed by atoms with Crippen molar-refractivity contribution in [1.29, 1.82) is 0 Å². The van der Waals surface area contributed by atoms with Crippen LogP contribution in [0, 0.1) is 12.7 Å². The molecule has 0 aliphatic carbocycles. The number of para-hydroxylation sites is 1. The molecule has 0 aliphatic heterocycles. The lowest BCUT2D eigenvalue weighted by Gasteiger charge is -2.09. The van der Waals surface area contributed by atoms with Gasteiger partial charge >= 0.3 is 0 Å². The summed E-state index contributed by atoms with van der Waals surface area (Å²) in [5, 5.41) is 11.4. The van der Waals surface area contributed by atoms with Crippen LogP contribution in [0.25, 0.3) is 5.69 Å². The summed E-state index contributed by atoms with van der Waals surface area (Å²) in [7, 11) is 0. The largest absolute Gasteiger partial charge is 0.325 e. The number of nitrogens with one attached hydrogen (secondary N) is 1. The molecule has 0 aliphatic rings. The summed E-state index contributed by atoms with van der Waals surface area (Å²) in [5.41, 5.74) is 2.63. The standard InChI is InChI=1S/C17H15FN4OS/c1-12-4-2-3-5-15(12)22-11-19-21-17(22)24-10-16(23)20-14-8-6-13(18)7-9-14/h2-9,11H,10H2,1H3,(H,20,23). The maximum atomic E-state index is 12.9. The molecular formula is C17H15FN4OS. The van der Waals surface area contributed by atoms with Gasteiger partial charge in [0.1, 0.15) is 12.1 Å². The van der Waals surface area contributed by atoms with E-state index in [0.717, 1.165) is 11.3 Å². The van der Waals surface area contributed by atoms with Crippen molar-refractivity contribution < 1.29 is 9.18 Å². The minimum absolute atomic E-state index is 0.182. The minimum Gasteiger partial charge on any atom is -0.325 e. The quantitative estimate of drug-likeness (QED) is 0.722. The first kappa shape index (κ1) is 16.2. The van der Waals surface area contributed by atoms with Crippen molar-refractivity contribution >= 4 is 23.4 Å². The van der Waals surface area contributed by atoms with Crippen molar-refractivity contribution in [2.24, 2.45) is 0 Å². The summed E-state index contributed by atoms with van der Waals surface area (Å²) in [6.07, 6.45) is 1.63. The fourth-order valence-electron chi connectivity index (χ4n) is 2.18. The molecule has 3 aromatic rings. The second kappa shape index (κ2) is 7.27. The fourth-order valence-corrected chi connectivity index (χ4v) is 2.90. The van der Waals surface area contributed by atoms with Crippen LogP contribution in [0.1, 0.15) is 5.56 Å². The Morgan fingerprint density at radius 3 is 2.71 bits per heavy atom. The van der Waals surface area contributed by atoms with Crippen molar-refractivity contribution in [3.05, 3.63) is 66.2 Å². The highest BCUT2D eigenvalue weighted by Crippen LogP contribution is 2.22. The summed E-state index contributed by atoms with van der Waals surface area (Å²) in [6, 6.07) is 13.5. The normalized spacial score (nSPS) is 10.6. The van der Waals surface area contributed by atoms with E-state index in [0.29, 0.717) is 10.8 Å². The zero-order chi connectivity index (χ0) is 16.9. The van der Waals surface area contributed by atoms with E-state index < -0.39 is 0 Å². The van der Waals surface area contributed by atoms with Crippen LogP contribution in [0.2, 0.25) is 0 Å². The molecule has 1 heterocycles. The second-order valence-corrected chi connectivity index (χ2v) is 6.06. The third-order valence-electron chi connectivity index (χ3n) is 3.35. The first-order valence-corrected chi connectivity index (χ1v) is 8.26. The molecule has 1 N–H and O–H groups in total. The highest BCUT2D eigenvalue weighted by Gasteiger charge is 2.11. The van der Waals surface area contributed by atoms with Gasteiger partial charge in [-0.1, -0.05) is 30.0 Å². The number of carbonyl (C=O) groups excluding carboxylic acids is 1. The molecule has 0 bridgehead atoms. The SMILES string of the molecule is Cc1ccccc1-n1cnnc1SCC(=O)Nc1ccc(F)cc1. The van der Waals surface area contributed by atoms with E-state index in [1.807, 2.05) is 35.8 Å². The van der Waals surface area contributed by atoms with Crippen LogP contribution in [0.4, 0.5) is 10.1 Å². The summed E-state index contributed by atoms with van der Waals surface area (Å²) in [6.45, 7) is 2.00. The van der Waals surface area contributed by atoms with Crippen LogP contribution < -0.4 is 5.32 Å². The van der Waals surface area contributed by atoms with Crippen LogP contribution in [0.3, 0.4) is 0 Å². The molecule has 1 amide bonds. The highest BCUT2D eigenvalue weighted by atomic mass is 32.2. The number of aromatic nitrogens is 3. The van der Waals surface area contributed by atoms with Gasteiger partial charge < -0.3 is 5.32 Å². The Balaban J connectivity index is 1.65. The first-order chi connectivity index (χ1) is 11.6. The number of anilines is 1. The number of halogens is 1. The van der Waals surface area contributed by atoms with Crippen molar-refractivity contribution in [3.8, 4) is 5.69 Å². The monoisotopic (exact) mass is 342 g/mol. The van der Waals surface area contributed by atoms with Crippen LogP contribution in [-0.2, 0) is 4.79 Å². The number of thioether (sulfide) groups is 1. The highest BCUT2D eigenvalue weighted by molar-refractivity contribution is 7.99. The van der Waals surface area contributed by atoms with E-state index in [9.17, 15) is 9.18 Å². The molecule has 122 valence electrons. The zero-order valence-corrected chi connectivity index (χ0v) is 13.8. The van der Waals surface area contributed by atoms with Gasteiger partial charge in [-0.05, 0) is 42.8 Å². The summed E-state index contributed by atoms with van der Waals surface area (Å²) >= 11 is 1.29. The lowest BCUT2D eigenvalue weighted by molar-refractivity contribution is -0.113. The number of rotatable bonds is 5. The molecule has 5 nitrogen and oxygen atoms in total. The lowest BCUT2D eigenvalue weighted by Crippen LogP contribution is -2.14. The van der Waals surface area contributed by atoms with Crippen LogP contribution in [0.5, 0.6) is 0 Å². The molecule has 24 heavy (non-hydrogen) atoms. The summed E-state index contributed by atoms with van der Waals surface area (Å²) < 4.78 is 14.7. The van der Waals surface area contributed by atoms with Gasteiger partial charge in [0.25, 0.3) is 0 Å². The number of nitrogens with zero attached hydrogens (tertiary/aromatic N) is 3. The van der Waals surface area contributed by atoms with Crippen LogP contribution >= 0.6 is 11.8 Å². The number of benzene rings is 2. The number of aryl methyl sites for hydroxylation is 1. The Morgan fingerprint density at radius 1 is 1.21 bits per heavy atom. The molecule has 2 aromatic carbocycles. The van der Waals surface area contributed by atoms with Gasteiger partial charge in [-0.15, -0.1) is 10.2 Å². The third kappa shape index (κ3) is 3.80.